The van der Waals surface area contributed by atoms with E-state index in [4.69, 9.17) is 4.52 Å². The lowest BCUT2D eigenvalue weighted by Gasteiger charge is -2.11. The second-order valence-corrected chi connectivity index (χ2v) is 9.79. The van der Waals surface area contributed by atoms with E-state index in [0.29, 0.717) is 33.9 Å². The summed E-state index contributed by atoms with van der Waals surface area (Å²) in [6, 6.07) is 2.85. The lowest BCUT2D eigenvalue weighted by atomic mass is 9.96. The average Bonchev–Trinajstić information content (AvgIpc) is 3.58. The molecular weight excluding hydrogens is 468 g/mol. The van der Waals surface area contributed by atoms with Crippen LogP contribution in [0.3, 0.4) is 0 Å². The van der Waals surface area contributed by atoms with Gasteiger partial charge in [0.1, 0.15) is 17.8 Å². The fourth-order valence-corrected chi connectivity index (χ4v) is 3.78. The zero-order valence-electron chi connectivity index (χ0n) is 19.4. The van der Waals surface area contributed by atoms with E-state index in [9.17, 15) is 4.79 Å². The smallest absolute Gasteiger partial charge is 0.303 e. The Morgan fingerprint density at radius 2 is 2.06 bits per heavy atom. The Hall–Kier alpha value is -4.26. The Kier molecular flexibility index (Phi) is 5.68. The quantitative estimate of drug-likeness (QED) is 0.324. The Balaban J connectivity index is 1.29. The maximum absolute atomic E-state index is 12.8. The lowest BCUT2D eigenvalue weighted by Crippen LogP contribution is -2.27. The van der Waals surface area contributed by atoms with Gasteiger partial charge in [0.25, 0.3) is 11.7 Å². The molecule has 5 aromatic rings. The van der Waals surface area contributed by atoms with Crippen molar-refractivity contribution >= 4 is 39.4 Å². The van der Waals surface area contributed by atoms with E-state index >= 15 is 0 Å². The summed E-state index contributed by atoms with van der Waals surface area (Å²) in [5, 5.41) is 12.6. The number of nitrogens with zero attached hydrogens (tertiary/aromatic N) is 6. The number of rotatable bonds is 6. The largest absolute Gasteiger partial charge is 0.358 e. The van der Waals surface area contributed by atoms with Crippen LogP contribution in [0.15, 0.2) is 40.8 Å². The van der Waals surface area contributed by atoms with E-state index in [-0.39, 0.29) is 17.0 Å². The predicted octanol–water partition coefficient (Wildman–Crippen LogP) is 3.21. The summed E-state index contributed by atoms with van der Waals surface area (Å²) < 4.78 is 5.49. The third-order valence-corrected chi connectivity index (χ3v) is 5.78. The van der Waals surface area contributed by atoms with Crippen molar-refractivity contribution in [2.45, 2.75) is 39.2 Å². The summed E-state index contributed by atoms with van der Waals surface area (Å²) in [7, 11) is 0. The molecule has 0 saturated heterocycles. The highest BCUT2D eigenvalue weighted by Crippen LogP contribution is 2.23. The van der Waals surface area contributed by atoms with Crippen LogP contribution in [0.1, 0.15) is 55.8 Å². The second-order valence-electron chi connectivity index (χ2n) is 8.89. The molecule has 0 aliphatic carbocycles. The zero-order chi connectivity index (χ0) is 24.6. The van der Waals surface area contributed by atoms with Gasteiger partial charge in [-0.1, -0.05) is 30.9 Å². The van der Waals surface area contributed by atoms with Crippen molar-refractivity contribution in [1.29, 1.82) is 0 Å². The number of hydrogen-bond donors (Lipinski definition) is 3. The van der Waals surface area contributed by atoms with E-state index in [1.807, 2.05) is 5.38 Å². The minimum atomic E-state index is -0.453. The van der Waals surface area contributed by atoms with Crippen LogP contribution in [0, 0.1) is 0 Å². The number of aromatic nitrogens is 8. The number of H-pyrrole nitrogens is 2. The van der Waals surface area contributed by atoms with Crippen molar-refractivity contribution in [3.63, 3.8) is 0 Å². The molecule has 1 amide bonds. The van der Waals surface area contributed by atoms with Crippen molar-refractivity contribution in [2.75, 3.05) is 5.32 Å². The van der Waals surface area contributed by atoms with Gasteiger partial charge in [-0.05, 0) is 6.92 Å². The predicted molar refractivity (Wildman–Crippen MR) is 128 cm³/mol. The number of thiazole rings is 1. The summed E-state index contributed by atoms with van der Waals surface area (Å²) in [5.74, 6) is 1.95. The number of hydrogen-bond acceptors (Lipinski definition) is 10. The molecule has 0 aliphatic rings. The molecule has 0 saturated carbocycles. The number of carbonyl (C=O) groups is 1. The molecule has 178 valence electrons. The van der Waals surface area contributed by atoms with Gasteiger partial charge in [-0.25, -0.2) is 24.9 Å². The van der Waals surface area contributed by atoms with E-state index in [2.05, 4.69) is 71.4 Å². The standard InChI is InChI=1S/C22H22N10O2S/c1-11(27-19(33)13-8-16(26-10-25-13)29-21-23-5-6-35-21)15-7-12(32-34-15)17-28-14-9-24-20(22(2,3)4)31-18(14)30-17/h5-11H,1-4H3,(H,27,33)(H,23,25,26,29)(H,24,28,30,31)/p+1/t11-/m1/s1. The number of fused-ring (bicyclic) bond motifs is 1. The monoisotopic (exact) mass is 491 g/mol. The van der Waals surface area contributed by atoms with E-state index in [1.54, 1.807) is 31.5 Å². The topological polar surface area (TPSA) is 162 Å². The van der Waals surface area contributed by atoms with Crippen LogP contribution in [-0.4, -0.2) is 41.0 Å². The molecular formula is C22H23N10O2S+. The van der Waals surface area contributed by atoms with Crippen LogP contribution >= 0.6 is 11.3 Å². The molecule has 0 fully saturated rings. The summed E-state index contributed by atoms with van der Waals surface area (Å²) in [6.45, 7) is 7.97. The van der Waals surface area contributed by atoms with Crippen LogP contribution in [0.5, 0.6) is 0 Å². The van der Waals surface area contributed by atoms with Crippen LogP contribution < -0.4 is 15.6 Å². The fraction of sp³-hybridized carbons (Fsp3) is 0.273. The van der Waals surface area contributed by atoms with Crippen molar-refractivity contribution in [3.05, 3.63) is 53.5 Å². The molecule has 5 heterocycles. The SMILES string of the molecule is C[C@@H](NC(=O)c1cc(Nc2nccs2)ncn1)c1cc(-c2[nH]c3cnc(C(C)(C)C)nc3[nH+]2)no1. The fourth-order valence-electron chi connectivity index (χ4n) is 3.24. The molecule has 0 spiro atoms. The van der Waals surface area contributed by atoms with Crippen molar-refractivity contribution in [1.82, 2.24) is 40.4 Å². The van der Waals surface area contributed by atoms with Gasteiger partial charge in [-0.3, -0.25) is 9.78 Å². The molecule has 0 unspecified atom stereocenters. The maximum Gasteiger partial charge on any atom is 0.303 e. The number of aromatic amines is 2. The number of nitrogens with one attached hydrogen (secondary N) is 4. The van der Waals surface area contributed by atoms with Crippen molar-refractivity contribution in [2.24, 2.45) is 0 Å². The highest BCUT2D eigenvalue weighted by molar-refractivity contribution is 7.13. The van der Waals surface area contributed by atoms with Crippen LogP contribution in [0.2, 0.25) is 0 Å². The Morgan fingerprint density at radius 3 is 2.83 bits per heavy atom. The summed E-state index contributed by atoms with van der Waals surface area (Å²) in [6.07, 6.45) is 4.74. The summed E-state index contributed by atoms with van der Waals surface area (Å²) >= 11 is 1.43. The molecule has 0 radical (unpaired) electrons. The second kappa shape index (κ2) is 8.83. The molecule has 5 aromatic heterocycles. The third kappa shape index (κ3) is 4.84. The van der Waals surface area contributed by atoms with Gasteiger partial charge < -0.3 is 15.2 Å². The van der Waals surface area contributed by atoms with Gasteiger partial charge in [-0.2, -0.15) is 0 Å². The molecule has 4 N–H and O–H groups in total. The Labute approximate surface area is 203 Å². The number of anilines is 2. The highest BCUT2D eigenvalue weighted by atomic mass is 32.1. The lowest BCUT2D eigenvalue weighted by molar-refractivity contribution is -0.334. The first-order valence-electron chi connectivity index (χ1n) is 10.8. The van der Waals surface area contributed by atoms with Gasteiger partial charge in [0, 0.05) is 29.1 Å². The summed E-state index contributed by atoms with van der Waals surface area (Å²) in [5.41, 5.74) is 2.02. The molecule has 0 bridgehead atoms. The Bertz CT molecular complexity index is 1490. The molecule has 0 aliphatic heterocycles. The minimum absolute atomic E-state index is 0.171. The molecule has 35 heavy (non-hydrogen) atoms. The molecule has 0 aromatic carbocycles. The molecule has 1 atom stereocenters. The first-order chi connectivity index (χ1) is 16.8. The van der Waals surface area contributed by atoms with Gasteiger partial charge in [0.2, 0.25) is 5.82 Å². The first kappa shape index (κ1) is 22.5. The summed E-state index contributed by atoms with van der Waals surface area (Å²) in [4.78, 5) is 40.6. The van der Waals surface area contributed by atoms with Crippen molar-refractivity contribution < 1.29 is 14.3 Å². The third-order valence-electron chi connectivity index (χ3n) is 5.09. The molecule has 13 heteroatoms. The van der Waals surface area contributed by atoms with E-state index < -0.39 is 6.04 Å². The Morgan fingerprint density at radius 1 is 1.20 bits per heavy atom. The maximum atomic E-state index is 12.8. The highest BCUT2D eigenvalue weighted by Gasteiger charge is 2.25. The zero-order valence-corrected chi connectivity index (χ0v) is 20.3. The van der Waals surface area contributed by atoms with E-state index in [1.165, 1.54) is 17.7 Å². The van der Waals surface area contributed by atoms with E-state index in [0.717, 1.165) is 11.3 Å². The average molecular weight is 492 g/mol. The number of imidazole rings is 1. The number of amides is 1. The minimum Gasteiger partial charge on any atom is -0.358 e. The van der Waals surface area contributed by atoms with Crippen LogP contribution in [0.4, 0.5) is 10.9 Å². The van der Waals surface area contributed by atoms with Gasteiger partial charge >= 0.3 is 5.65 Å². The first-order valence-corrected chi connectivity index (χ1v) is 11.7. The van der Waals surface area contributed by atoms with Crippen molar-refractivity contribution in [3.8, 4) is 11.5 Å². The number of carbonyl (C=O) groups excluding carboxylic acids is 1. The molecule has 12 nitrogen and oxygen atoms in total. The van der Waals surface area contributed by atoms with Crippen LogP contribution in [0.25, 0.3) is 22.7 Å². The van der Waals surface area contributed by atoms with Gasteiger partial charge in [0.15, 0.2) is 22.1 Å². The van der Waals surface area contributed by atoms with Gasteiger partial charge in [0.05, 0.1) is 12.2 Å². The van der Waals surface area contributed by atoms with Gasteiger partial charge in [-0.15, -0.1) is 11.3 Å². The molecule has 5 rings (SSSR count). The normalized spacial score (nSPS) is 12.6. The van der Waals surface area contributed by atoms with Crippen LogP contribution in [-0.2, 0) is 5.41 Å².